The van der Waals surface area contributed by atoms with Crippen LogP contribution in [0.2, 0.25) is 5.02 Å². The summed E-state index contributed by atoms with van der Waals surface area (Å²) in [5, 5.41) is 12.8. The van der Waals surface area contributed by atoms with Crippen molar-refractivity contribution in [3.63, 3.8) is 0 Å². The van der Waals surface area contributed by atoms with E-state index in [4.69, 9.17) is 21.3 Å². The molecule has 2 rings (SSSR count). The maximum Gasteiger partial charge on any atom is 0.154 e. The normalized spacial score (nSPS) is 12.0. The van der Waals surface area contributed by atoms with Crippen LogP contribution >= 0.6 is 11.6 Å². The highest BCUT2D eigenvalue weighted by Gasteiger charge is 2.12. The topological polar surface area (TPSA) is 49.0 Å². The number of furan rings is 1. The second kappa shape index (κ2) is 5.53. The molecule has 0 saturated heterocycles. The summed E-state index contributed by atoms with van der Waals surface area (Å²) in [6, 6.07) is 12.8. The highest BCUT2D eigenvalue weighted by molar-refractivity contribution is 6.31. The molecule has 1 aromatic carbocycles. The number of hydrogen-bond acceptors (Lipinski definition) is 3. The molecule has 1 atom stereocenters. The smallest absolute Gasteiger partial charge is 0.154 e. The van der Waals surface area contributed by atoms with Gasteiger partial charge in [-0.05, 0) is 23.8 Å². The lowest BCUT2D eigenvalue weighted by Crippen LogP contribution is -2.19. The largest absolute Gasteiger partial charge is 0.467 e. The Morgan fingerprint density at radius 2 is 2.12 bits per heavy atom. The SMILES string of the molecule is N#CC(NCc1ccccc1Cl)c1ccco1. The molecular formula is C13H11ClN2O. The third kappa shape index (κ3) is 2.88. The van der Waals surface area contributed by atoms with Gasteiger partial charge in [-0.15, -0.1) is 0 Å². The number of nitriles is 1. The van der Waals surface area contributed by atoms with E-state index in [2.05, 4.69) is 11.4 Å². The van der Waals surface area contributed by atoms with Gasteiger partial charge in [0.05, 0.1) is 12.3 Å². The Morgan fingerprint density at radius 1 is 1.29 bits per heavy atom. The molecule has 0 saturated carbocycles. The molecule has 1 unspecified atom stereocenters. The molecule has 1 aromatic heterocycles. The van der Waals surface area contributed by atoms with Gasteiger partial charge in [-0.2, -0.15) is 5.26 Å². The van der Waals surface area contributed by atoms with Crippen LogP contribution in [0.5, 0.6) is 0 Å². The lowest BCUT2D eigenvalue weighted by molar-refractivity contribution is 0.457. The first-order chi connectivity index (χ1) is 8.31. The van der Waals surface area contributed by atoms with Gasteiger partial charge in [0.15, 0.2) is 6.04 Å². The Kier molecular flexibility index (Phi) is 3.81. The molecule has 4 heteroatoms. The number of nitrogens with one attached hydrogen (secondary N) is 1. The third-order valence-electron chi connectivity index (χ3n) is 2.41. The van der Waals surface area contributed by atoms with Crippen molar-refractivity contribution in [2.45, 2.75) is 12.6 Å². The van der Waals surface area contributed by atoms with Crippen molar-refractivity contribution < 1.29 is 4.42 Å². The summed E-state index contributed by atoms with van der Waals surface area (Å²) >= 11 is 6.03. The van der Waals surface area contributed by atoms with E-state index < -0.39 is 6.04 Å². The molecule has 0 radical (unpaired) electrons. The minimum Gasteiger partial charge on any atom is -0.467 e. The van der Waals surface area contributed by atoms with E-state index in [1.165, 1.54) is 0 Å². The van der Waals surface area contributed by atoms with Gasteiger partial charge in [0.2, 0.25) is 0 Å². The average Bonchev–Trinajstić information content (AvgIpc) is 2.86. The Labute approximate surface area is 105 Å². The lowest BCUT2D eigenvalue weighted by Gasteiger charge is -2.09. The molecule has 1 heterocycles. The molecule has 0 aliphatic heterocycles. The summed E-state index contributed by atoms with van der Waals surface area (Å²) in [4.78, 5) is 0. The summed E-state index contributed by atoms with van der Waals surface area (Å²) in [7, 11) is 0. The highest BCUT2D eigenvalue weighted by Crippen LogP contribution is 2.17. The summed E-state index contributed by atoms with van der Waals surface area (Å²) in [6.07, 6.45) is 1.55. The zero-order chi connectivity index (χ0) is 12.1. The molecule has 1 N–H and O–H groups in total. The zero-order valence-electron chi connectivity index (χ0n) is 9.06. The van der Waals surface area contributed by atoms with Gasteiger partial charge in [0, 0.05) is 11.6 Å². The molecular weight excluding hydrogens is 236 g/mol. The minimum atomic E-state index is -0.457. The molecule has 2 aromatic rings. The fourth-order valence-electron chi connectivity index (χ4n) is 1.52. The van der Waals surface area contributed by atoms with E-state index in [0.29, 0.717) is 17.3 Å². The number of nitrogens with zero attached hydrogens (tertiary/aromatic N) is 1. The van der Waals surface area contributed by atoms with Crippen LogP contribution in [0.1, 0.15) is 17.4 Å². The predicted molar refractivity (Wildman–Crippen MR) is 65.4 cm³/mol. The predicted octanol–water partition coefficient (Wildman–Crippen LogP) is 3.29. The van der Waals surface area contributed by atoms with E-state index in [-0.39, 0.29) is 0 Å². The Hall–Kier alpha value is -1.76. The Bertz CT molecular complexity index is 516. The van der Waals surface area contributed by atoms with Crippen molar-refractivity contribution in [2.24, 2.45) is 0 Å². The van der Waals surface area contributed by atoms with Gasteiger partial charge in [-0.25, -0.2) is 0 Å². The van der Waals surface area contributed by atoms with Crippen molar-refractivity contribution >= 4 is 11.6 Å². The maximum absolute atomic E-state index is 9.04. The van der Waals surface area contributed by atoms with Gasteiger partial charge in [-0.1, -0.05) is 29.8 Å². The quantitative estimate of drug-likeness (QED) is 0.901. The summed E-state index contributed by atoms with van der Waals surface area (Å²) in [6.45, 7) is 0.526. The number of hydrogen-bond donors (Lipinski definition) is 1. The minimum absolute atomic E-state index is 0.457. The maximum atomic E-state index is 9.04. The van der Waals surface area contributed by atoms with E-state index in [1.54, 1.807) is 18.4 Å². The first-order valence-electron chi connectivity index (χ1n) is 5.21. The molecule has 0 spiro atoms. The van der Waals surface area contributed by atoms with Crippen molar-refractivity contribution in [2.75, 3.05) is 0 Å². The third-order valence-corrected chi connectivity index (χ3v) is 2.78. The molecule has 0 fully saturated rings. The van der Waals surface area contributed by atoms with Crippen LogP contribution in [-0.2, 0) is 6.54 Å². The fourth-order valence-corrected chi connectivity index (χ4v) is 1.72. The molecule has 0 bridgehead atoms. The van der Waals surface area contributed by atoms with Crippen molar-refractivity contribution in [1.29, 1.82) is 5.26 Å². The van der Waals surface area contributed by atoms with Crippen LogP contribution in [0.25, 0.3) is 0 Å². The second-order valence-electron chi connectivity index (χ2n) is 3.55. The number of benzene rings is 1. The average molecular weight is 247 g/mol. The van der Waals surface area contributed by atoms with E-state index in [1.807, 2.05) is 24.3 Å². The van der Waals surface area contributed by atoms with Gasteiger partial charge in [0.1, 0.15) is 5.76 Å². The molecule has 0 aliphatic rings. The van der Waals surface area contributed by atoms with Crippen LogP contribution in [0.15, 0.2) is 47.1 Å². The molecule has 3 nitrogen and oxygen atoms in total. The Morgan fingerprint density at radius 3 is 2.76 bits per heavy atom. The number of rotatable bonds is 4. The van der Waals surface area contributed by atoms with Gasteiger partial charge in [-0.3, -0.25) is 5.32 Å². The summed E-state index contributed by atoms with van der Waals surface area (Å²) in [5.41, 5.74) is 0.959. The lowest BCUT2D eigenvalue weighted by atomic mass is 10.2. The van der Waals surface area contributed by atoms with Crippen LogP contribution < -0.4 is 5.32 Å². The van der Waals surface area contributed by atoms with Crippen molar-refractivity contribution in [3.05, 3.63) is 59.0 Å². The van der Waals surface area contributed by atoms with Gasteiger partial charge in [0.25, 0.3) is 0 Å². The molecule has 0 amide bonds. The van der Waals surface area contributed by atoms with Crippen molar-refractivity contribution in [1.82, 2.24) is 5.32 Å². The molecule has 86 valence electrons. The standard InChI is InChI=1S/C13H11ClN2O/c14-11-5-2-1-4-10(11)9-16-12(8-15)13-6-3-7-17-13/h1-7,12,16H,9H2. The van der Waals surface area contributed by atoms with Crippen LogP contribution in [0, 0.1) is 11.3 Å². The van der Waals surface area contributed by atoms with E-state index in [9.17, 15) is 0 Å². The zero-order valence-corrected chi connectivity index (χ0v) is 9.82. The van der Waals surface area contributed by atoms with E-state index in [0.717, 1.165) is 5.56 Å². The second-order valence-corrected chi connectivity index (χ2v) is 3.96. The monoisotopic (exact) mass is 246 g/mol. The van der Waals surface area contributed by atoms with Gasteiger partial charge < -0.3 is 4.42 Å². The fraction of sp³-hybridized carbons (Fsp3) is 0.154. The van der Waals surface area contributed by atoms with Gasteiger partial charge >= 0.3 is 0 Å². The molecule has 0 aliphatic carbocycles. The highest BCUT2D eigenvalue weighted by atomic mass is 35.5. The van der Waals surface area contributed by atoms with Crippen LogP contribution in [-0.4, -0.2) is 0 Å². The summed E-state index contributed by atoms with van der Waals surface area (Å²) < 4.78 is 5.19. The first-order valence-corrected chi connectivity index (χ1v) is 5.59. The first kappa shape index (κ1) is 11.7. The Balaban J connectivity index is 2.03. The van der Waals surface area contributed by atoms with Crippen LogP contribution in [0.3, 0.4) is 0 Å². The summed E-state index contributed by atoms with van der Waals surface area (Å²) in [5.74, 6) is 0.611. The van der Waals surface area contributed by atoms with Crippen LogP contribution in [0.4, 0.5) is 0 Å². The van der Waals surface area contributed by atoms with Crippen molar-refractivity contribution in [3.8, 4) is 6.07 Å². The number of halogens is 1. The van der Waals surface area contributed by atoms with E-state index >= 15 is 0 Å². The molecule has 17 heavy (non-hydrogen) atoms.